The number of halogens is 3. The lowest BCUT2D eigenvalue weighted by molar-refractivity contribution is -0.148. The molecule has 238 valence electrons. The lowest BCUT2D eigenvalue weighted by Crippen LogP contribution is -2.59. The molecule has 1 fully saturated rings. The van der Waals surface area contributed by atoms with Crippen LogP contribution < -0.4 is 10.6 Å². The van der Waals surface area contributed by atoms with Gasteiger partial charge >= 0.3 is 6.18 Å². The smallest absolute Gasteiger partial charge is 0.339 e. The van der Waals surface area contributed by atoms with Crippen LogP contribution >= 0.6 is 0 Å². The van der Waals surface area contributed by atoms with Crippen LogP contribution in [0.1, 0.15) is 61.6 Å². The largest absolute Gasteiger partial charge is 0.389 e. The maximum absolute atomic E-state index is 13.4. The number of nitrogens with zero attached hydrogens (tertiary/aromatic N) is 6. The van der Waals surface area contributed by atoms with Crippen LogP contribution in [-0.2, 0) is 4.79 Å². The number of piperazine rings is 1. The molecule has 0 saturated carbocycles. The van der Waals surface area contributed by atoms with E-state index in [-0.39, 0.29) is 17.9 Å². The van der Waals surface area contributed by atoms with Gasteiger partial charge in [-0.2, -0.15) is 18.2 Å². The second kappa shape index (κ2) is 13.5. The molecule has 3 aliphatic heterocycles. The summed E-state index contributed by atoms with van der Waals surface area (Å²) < 4.78 is 39.3. The number of rotatable bonds is 9. The van der Waals surface area contributed by atoms with E-state index in [2.05, 4.69) is 34.5 Å². The average Bonchev–Trinajstić information content (AvgIpc) is 3.42. The Kier molecular flexibility index (Phi) is 9.74. The fourth-order valence-corrected chi connectivity index (χ4v) is 6.11. The molecule has 2 unspecified atom stereocenters. The zero-order chi connectivity index (χ0) is 31.4. The third kappa shape index (κ3) is 7.49. The lowest BCUT2D eigenvalue weighted by atomic mass is 9.89. The Morgan fingerprint density at radius 3 is 2.55 bits per heavy atom. The Morgan fingerprint density at radius 1 is 1.11 bits per heavy atom. The van der Waals surface area contributed by atoms with Gasteiger partial charge in [0.2, 0.25) is 11.9 Å². The molecule has 3 aliphatic rings. The molecule has 2 aromatic rings. The highest BCUT2D eigenvalue weighted by molar-refractivity contribution is 5.95. The van der Waals surface area contributed by atoms with Crippen molar-refractivity contribution < 1.29 is 22.8 Å². The van der Waals surface area contributed by atoms with Crippen molar-refractivity contribution in [1.29, 1.82) is 0 Å². The third-order valence-electron chi connectivity index (χ3n) is 8.59. The van der Waals surface area contributed by atoms with Gasteiger partial charge in [0.15, 0.2) is 0 Å². The number of benzene rings is 1. The van der Waals surface area contributed by atoms with Crippen LogP contribution in [0.4, 0.5) is 24.8 Å². The summed E-state index contributed by atoms with van der Waals surface area (Å²) >= 11 is 0. The minimum Gasteiger partial charge on any atom is -0.339 e. The Morgan fingerprint density at radius 2 is 1.89 bits per heavy atom. The van der Waals surface area contributed by atoms with E-state index < -0.39 is 24.9 Å². The van der Waals surface area contributed by atoms with Crippen LogP contribution in [0.2, 0.25) is 0 Å². The van der Waals surface area contributed by atoms with Crippen LogP contribution in [0.25, 0.3) is 6.20 Å². The van der Waals surface area contributed by atoms with Gasteiger partial charge in [0.05, 0.1) is 12.5 Å². The van der Waals surface area contributed by atoms with Crippen molar-refractivity contribution in [2.45, 2.75) is 63.7 Å². The van der Waals surface area contributed by atoms with E-state index in [9.17, 15) is 22.8 Å². The highest BCUT2D eigenvalue weighted by Crippen LogP contribution is 2.35. The number of hydrogen-bond acceptors (Lipinski definition) is 7. The summed E-state index contributed by atoms with van der Waals surface area (Å²) in [4.78, 5) is 36.3. The topological polar surface area (TPSA) is 98.6 Å². The number of amides is 2. The van der Waals surface area contributed by atoms with Gasteiger partial charge in [0.1, 0.15) is 5.82 Å². The molecule has 0 aliphatic carbocycles. The summed E-state index contributed by atoms with van der Waals surface area (Å²) in [7, 11) is 1.91. The van der Waals surface area contributed by atoms with Crippen LogP contribution in [-0.4, -0.2) is 106 Å². The molecule has 1 aromatic heterocycles. The van der Waals surface area contributed by atoms with E-state index in [0.717, 1.165) is 43.1 Å². The van der Waals surface area contributed by atoms with Crippen molar-refractivity contribution in [2.24, 2.45) is 0 Å². The molecule has 44 heavy (non-hydrogen) atoms. The summed E-state index contributed by atoms with van der Waals surface area (Å²) in [5, 5.41) is 11.1. The Hall–Kier alpha value is -3.71. The molecule has 2 N–H and O–H groups in total. The summed E-state index contributed by atoms with van der Waals surface area (Å²) in [6.45, 7) is 8.15. The van der Waals surface area contributed by atoms with Gasteiger partial charge in [-0.1, -0.05) is 17.7 Å². The number of alkyl halides is 3. The van der Waals surface area contributed by atoms with Crippen LogP contribution in [0, 0.1) is 0 Å². The molecular formula is C31H41F3N8O2. The molecule has 1 saturated heterocycles. The van der Waals surface area contributed by atoms with E-state index in [1.54, 1.807) is 4.68 Å². The van der Waals surface area contributed by atoms with E-state index in [0.29, 0.717) is 43.6 Å². The molecule has 0 bridgehead atoms. The number of fused-ring (bicyclic) bond motifs is 1. The summed E-state index contributed by atoms with van der Waals surface area (Å²) in [5.74, 6) is 0.702. The number of anilines is 2. The van der Waals surface area contributed by atoms with E-state index >= 15 is 0 Å². The van der Waals surface area contributed by atoms with Crippen molar-refractivity contribution in [1.82, 2.24) is 34.8 Å². The molecular weight excluding hydrogens is 573 g/mol. The van der Waals surface area contributed by atoms with Gasteiger partial charge in [0, 0.05) is 75.1 Å². The number of allylic oxidation sites excluding steroid dienone is 1. The fourth-order valence-electron chi connectivity index (χ4n) is 6.11. The Bertz CT molecular complexity index is 1390. The van der Waals surface area contributed by atoms with Crippen molar-refractivity contribution in [3.05, 3.63) is 53.4 Å². The van der Waals surface area contributed by atoms with Crippen LogP contribution in [0.5, 0.6) is 0 Å². The molecule has 2 atom stereocenters. The number of hydrogen-bond donors (Lipinski definition) is 2. The zero-order valence-electron chi connectivity index (χ0n) is 25.5. The normalized spacial score (nSPS) is 20.9. The van der Waals surface area contributed by atoms with Crippen molar-refractivity contribution in [3.63, 3.8) is 0 Å². The first kappa shape index (κ1) is 31.7. The monoisotopic (exact) mass is 614 g/mol. The maximum Gasteiger partial charge on any atom is 0.389 e. The number of likely N-dealkylation sites (N-methyl/N-ethyl adjacent to an activating group) is 1. The molecule has 4 heterocycles. The van der Waals surface area contributed by atoms with Gasteiger partial charge < -0.3 is 20.4 Å². The van der Waals surface area contributed by atoms with Gasteiger partial charge in [0.25, 0.3) is 5.91 Å². The van der Waals surface area contributed by atoms with Crippen LogP contribution in [0.15, 0.2) is 42.0 Å². The summed E-state index contributed by atoms with van der Waals surface area (Å²) in [5.41, 5.74) is 2.49. The minimum atomic E-state index is -4.34. The summed E-state index contributed by atoms with van der Waals surface area (Å²) in [6, 6.07) is 7.88. The molecule has 1 aromatic carbocycles. The first-order chi connectivity index (χ1) is 21.0. The number of carbonyl (C=O) groups is 2. The highest BCUT2D eigenvalue weighted by Gasteiger charge is 2.33. The first-order valence-corrected chi connectivity index (χ1v) is 15.3. The van der Waals surface area contributed by atoms with Crippen molar-refractivity contribution >= 4 is 29.7 Å². The van der Waals surface area contributed by atoms with E-state index in [1.165, 1.54) is 4.90 Å². The van der Waals surface area contributed by atoms with E-state index in [4.69, 9.17) is 4.98 Å². The standard InChI is InChI=1S/C31H41F3N8O2/c1-21(2)40-17-18-41(25(20-40)19-35-3)29(44)23-6-8-24(9-7-23)36-30-37-28-26(5-4-14-42(28)38-30)22-11-15-39(16-12-22)27(43)10-13-31(32,33)34/h4,6-9,11,14,21,25-26,35H,5,10,12-13,15-20H2,1-3H3,(H,36,38). The number of aromatic nitrogens is 3. The van der Waals surface area contributed by atoms with Gasteiger partial charge in [-0.25, -0.2) is 4.68 Å². The Balaban J connectivity index is 1.21. The highest BCUT2D eigenvalue weighted by atomic mass is 19.4. The molecule has 5 rings (SSSR count). The van der Waals surface area contributed by atoms with Crippen LogP contribution in [0.3, 0.4) is 0 Å². The minimum absolute atomic E-state index is 0.0186. The molecule has 10 nitrogen and oxygen atoms in total. The van der Waals surface area contributed by atoms with Crippen molar-refractivity contribution in [2.75, 3.05) is 51.6 Å². The molecule has 0 radical (unpaired) electrons. The molecule has 0 spiro atoms. The third-order valence-corrected chi connectivity index (χ3v) is 8.59. The van der Waals surface area contributed by atoms with Gasteiger partial charge in [-0.3, -0.25) is 14.5 Å². The quantitative estimate of drug-likeness (QED) is 0.408. The number of carbonyl (C=O) groups excluding carboxylic acids is 2. The Labute approximate surface area is 256 Å². The lowest BCUT2D eigenvalue weighted by Gasteiger charge is -2.43. The summed E-state index contributed by atoms with van der Waals surface area (Å²) in [6.07, 6.45) is 1.15. The van der Waals surface area contributed by atoms with Gasteiger partial charge in [-0.05, 0) is 58.0 Å². The predicted molar refractivity (Wildman–Crippen MR) is 162 cm³/mol. The second-order valence-electron chi connectivity index (χ2n) is 11.9. The zero-order valence-corrected chi connectivity index (χ0v) is 25.5. The molecule has 13 heteroatoms. The number of nitrogens with one attached hydrogen (secondary N) is 2. The predicted octanol–water partition coefficient (Wildman–Crippen LogP) is 4.24. The first-order valence-electron chi connectivity index (χ1n) is 15.3. The molecule has 2 amide bonds. The second-order valence-corrected chi connectivity index (χ2v) is 11.9. The SMILES string of the molecule is CNCC1CN(C(C)C)CCN1C(=O)c1ccc(Nc2nc3n(n2)C=CCC3C2=CCN(C(=O)CCC(F)(F)F)CC2)cc1. The van der Waals surface area contributed by atoms with Gasteiger partial charge in [-0.15, -0.1) is 5.10 Å². The fraction of sp³-hybridized carbons (Fsp3) is 0.548. The van der Waals surface area contributed by atoms with E-state index in [1.807, 2.05) is 54.6 Å². The average molecular weight is 615 g/mol. The maximum atomic E-state index is 13.4. The van der Waals surface area contributed by atoms with Crippen molar-refractivity contribution in [3.8, 4) is 0 Å².